The fraction of sp³-hybridized carbons (Fsp3) is 0.429. The average molecular weight is 349 g/mol. The van der Waals surface area contributed by atoms with Crippen molar-refractivity contribution < 1.29 is 9.59 Å². The predicted octanol–water partition coefficient (Wildman–Crippen LogP) is 2.79. The molecule has 1 aromatic heterocycles. The number of hydrogen-bond donors (Lipinski definition) is 1. The van der Waals surface area contributed by atoms with Crippen LogP contribution in [0.1, 0.15) is 36.6 Å². The van der Waals surface area contributed by atoms with E-state index in [-0.39, 0.29) is 30.4 Å². The summed E-state index contributed by atoms with van der Waals surface area (Å²) in [6.45, 7) is 0.184. The second-order valence-corrected chi connectivity index (χ2v) is 7.77. The predicted molar refractivity (Wildman–Crippen MR) is 99.5 cm³/mol. The van der Waals surface area contributed by atoms with Crippen molar-refractivity contribution in [1.82, 2.24) is 14.8 Å². The van der Waals surface area contributed by atoms with E-state index in [4.69, 9.17) is 0 Å². The number of H-pyrrole nitrogens is 1. The van der Waals surface area contributed by atoms with Gasteiger partial charge in [0, 0.05) is 30.1 Å². The Morgan fingerprint density at radius 3 is 2.81 bits per heavy atom. The van der Waals surface area contributed by atoms with Crippen molar-refractivity contribution in [2.45, 2.75) is 37.8 Å². The molecule has 3 aliphatic rings. The fourth-order valence-electron chi connectivity index (χ4n) is 5.04. The Morgan fingerprint density at radius 1 is 1.15 bits per heavy atom. The minimum Gasteiger partial charge on any atom is -0.356 e. The summed E-state index contributed by atoms with van der Waals surface area (Å²) >= 11 is 0. The third-order valence-corrected chi connectivity index (χ3v) is 6.25. The summed E-state index contributed by atoms with van der Waals surface area (Å²) in [5.74, 6) is 0.493. The van der Waals surface area contributed by atoms with Crippen LogP contribution in [0.3, 0.4) is 0 Å². The van der Waals surface area contributed by atoms with E-state index in [2.05, 4.69) is 29.3 Å². The molecule has 5 heteroatoms. The molecule has 1 aromatic carbocycles. The van der Waals surface area contributed by atoms with E-state index >= 15 is 0 Å². The zero-order chi connectivity index (χ0) is 17.8. The van der Waals surface area contributed by atoms with Crippen molar-refractivity contribution in [3.05, 3.63) is 47.7 Å². The van der Waals surface area contributed by atoms with Crippen LogP contribution in [0.2, 0.25) is 0 Å². The maximum atomic E-state index is 13.0. The molecule has 1 aliphatic carbocycles. The van der Waals surface area contributed by atoms with Crippen LogP contribution in [0.15, 0.2) is 36.4 Å². The molecule has 134 valence electrons. The molecule has 2 aromatic rings. The molecule has 0 spiro atoms. The molecule has 2 amide bonds. The van der Waals surface area contributed by atoms with E-state index in [0.717, 1.165) is 30.5 Å². The Labute approximate surface area is 152 Å². The van der Waals surface area contributed by atoms with Crippen LogP contribution in [0.25, 0.3) is 10.9 Å². The van der Waals surface area contributed by atoms with E-state index in [1.54, 1.807) is 11.9 Å². The summed E-state index contributed by atoms with van der Waals surface area (Å²) in [7, 11) is 1.74. The first-order chi connectivity index (χ1) is 12.6. The zero-order valence-electron chi connectivity index (χ0n) is 14.9. The van der Waals surface area contributed by atoms with Crippen molar-refractivity contribution in [2.24, 2.45) is 5.92 Å². The van der Waals surface area contributed by atoms with E-state index < -0.39 is 0 Å². The van der Waals surface area contributed by atoms with Gasteiger partial charge in [-0.25, -0.2) is 0 Å². The lowest BCUT2D eigenvalue weighted by atomic mass is 9.79. The Hall–Kier alpha value is -2.56. The molecule has 1 saturated heterocycles. The van der Waals surface area contributed by atoms with Gasteiger partial charge in [-0.3, -0.25) is 9.59 Å². The molecule has 3 heterocycles. The number of para-hydroxylation sites is 1. The Bertz CT molecular complexity index is 928. The van der Waals surface area contributed by atoms with Crippen molar-refractivity contribution in [1.29, 1.82) is 0 Å². The minimum atomic E-state index is -0.371. The quantitative estimate of drug-likeness (QED) is 0.805. The van der Waals surface area contributed by atoms with Crippen LogP contribution >= 0.6 is 0 Å². The number of benzene rings is 1. The Morgan fingerprint density at radius 2 is 2.00 bits per heavy atom. The lowest BCUT2D eigenvalue weighted by Gasteiger charge is -2.48. The van der Waals surface area contributed by atoms with Gasteiger partial charge < -0.3 is 14.8 Å². The molecule has 0 saturated carbocycles. The van der Waals surface area contributed by atoms with Gasteiger partial charge in [0.1, 0.15) is 6.04 Å². The summed E-state index contributed by atoms with van der Waals surface area (Å²) in [6, 6.07) is 7.87. The highest BCUT2D eigenvalue weighted by molar-refractivity contribution is 5.97. The lowest BCUT2D eigenvalue weighted by molar-refractivity contribution is -0.160. The molecule has 0 bridgehead atoms. The first-order valence-electron chi connectivity index (χ1n) is 9.46. The van der Waals surface area contributed by atoms with Gasteiger partial charge in [0.05, 0.1) is 12.6 Å². The van der Waals surface area contributed by atoms with Crippen molar-refractivity contribution >= 4 is 22.7 Å². The van der Waals surface area contributed by atoms with Crippen molar-refractivity contribution in [3.63, 3.8) is 0 Å². The minimum absolute atomic E-state index is 0.0359. The van der Waals surface area contributed by atoms with Gasteiger partial charge in [0.2, 0.25) is 11.8 Å². The van der Waals surface area contributed by atoms with E-state index in [1.165, 1.54) is 10.9 Å². The molecule has 1 N–H and O–H groups in total. The molecule has 26 heavy (non-hydrogen) atoms. The number of allylic oxidation sites excluding steroid dienone is 2. The molecule has 1 unspecified atom stereocenters. The summed E-state index contributed by atoms with van der Waals surface area (Å²) in [6.07, 6.45) is 8.10. The summed E-state index contributed by atoms with van der Waals surface area (Å²) in [4.78, 5) is 33.0. The van der Waals surface area contributed by atoms with Gasteiger partial charge >= 0.3 is 0 Å². The number of rotatable bonds is 1. The van der Waals surface area contributed by atoms with Crippen LogP contribution in [0.4, 0.5) is 0 Å². The largest absolute Gasteiger partial charge is 0.356 e. The number of aromatic nitrogens is 1. The number of likely N-dealkylation sites (N-methyl/N-ethyl adjacent to an activating group) is 1. The van der Waals surface area contributed by atoms with E-state index in [9.17, 15) is 9.59 Å². The van der Waals surface area contributed by atoms with Gasteiger partial charge in [-0.2, -0.15) is 0 Å². The van der Waals surface area contributed by atoms with Crippen molar-refractivity contribution in [3.8, 4) is 0 Å². The molecule has 3 atom stereocenters. The molecular weight excluding hydrogens is 326 g/mol. The van der Waals surface area contributed by atoms with Crippen LogP contribution in [-0.4, -0.2) is 46.2 Å². The number of amides is 2. The standard InChI is InChI=1S/C21H23N3O2/c1-23-12-18(25)24-17(21(23)26)11-15-14-9-5-6-10-16(14)22-19(15)20(24)13-7-3-2-4-8-13/h2-3,5-6,9-10,13,17,20,22H,4,7-8,11-12H2,1H3/t13?,17-,20-/m0/s1. The second-order valence-electron chi connectivity index (χ2n) is 7.77. The second kappa shape index (κ2) is 5.73. The van der Waals surface area contributed by atoms with Gasteiger partial charge in [-0.05, 0) is 36.8 Å². The number of fused-ring (bicyclic) bond motifs is 4. The zero-order valence-corrected chi connectivity index (χ0v) is 14.9. The molecule has 5 rings (SSSR count). The number of carbonyl (C=O) groups is 2. The third-order valence-electron chi connectivity index (χ3n) is 6.25. The maximum absolute atomic E-state index is 13.0. The number of carbonyl (C=O) groups excluding carboxylic acids is 2. The van der Waals surface area contributed by atoms with Crippen LogP contribution in [0.5, 0.6) is 0 Å². The normalized spacial score (nSPS) is 28.4. The molecule has 5 nitrogen and oxygen atoms in total. The fourth-order valence-corrected chi connectivity index (χ4v) is 5.04. The first-order valence-corrected chi connectivity index (χ1v) is 9.46. The topological polar surface area (TPSA) is 56.4 Å². The number of nitrogens with one attached hydrogen (secondary N) is 1. The van der Waals surface area contributed by atoms with Gasteiger partial charge in [-0.1, -0.05) is 30.4 Å². The molecular formula is C21H23N3O2. The highest BCUT2D eigenvalue weighted by Crippen LogP contribution is 2.45. The monoisotopic (exact) mass is 349 g/mol. The summed E-state index contributed by atoms with van der Waals surface area (Å²) in [5.41, 5.74) is 3.47. The van der Waals surface area contributed by atoms with E-state index in [0.29, 0.717) is 12.3 Å². The van der Waals surface area contributed by atoms with Crippen LogP contribution < -0.4 is 0 Å². The van der Waals surface area contributed by atoms with Gasteiger partial charge in [0.25, 0.3) is 0 Å². The smallest absolute Gasteiger partial charge is 0.245 e. The average Bonchev–Trinajstić information content (AvgIpc) is 3.03. The maximum Gasteiger partial charge on any atom is 0.245 e. The Balaban J connectivity index is 1.70. The Kier molecular flexibility index (Phi) is 3.45. The van der Waals surface area contributed by atoms with Crippen LogP contribution in [0, 0.1) is 5.92 Å². The first kappa shape index (κ1) is 15.7. The number of nitrogens with zero attached hydrogens (tertiary/aromatic N) is 2. The SMILES string of the molecule is CN1CC(=O)N2[C@@H](C3CC=CCC3)c3[nH]c4ccccc4c3C[C@H]2C1=O. The highest BCUT2D eigenvalue weighted by atomic mass is 16.2. The molecule has 0 radical (unpaired) electrons. The van der Waals surface area contributed by atoms with E-state index in [1.807, 2.05) is 17.0 Å². The summed E-state index contributed by atoms with van der Waals surface area (Å²) < 4.78 is 0. The van der Waals surface area contributed by atoms with Gasteiger partial charge in [-0.15, -0.1) is 0 Å². The molecule has 2 aliphatic heterocycles. The third kappa shape index (κ3) is 2.16. The highest BCUT2D eigenvalue weighted by Gasteiger charge is 2.48. The van der Waals surface area contributed by atoms with Gasteiger partial charge in [0.15, 0.2) is 0 Å². The van der Waals surface area contributed by atoms with Crippen molar-refractivity contribution in [2.75, 3.05) is 13.6 Å². The van der Waals surface area contributed by atoms with Crippen LogP contribution in [-0.2, 0) is 16.0 Å². The number of piperazine rings is 1. The number of hydrogen-bond acceptors (Lipinski definition) is 2. The summed E-state index contributed by atoms with van der Waals surface area (Å²) in [5, 5.41) is 1.19. The lowest BCUT2D eigenvalue weighted by Crippen LogP contribution is -2.62. The molecule has 1 fully saturated rings. The number of aromatic amines is 1.